The van der Waals surface area contributed by atoms with Gasteiger partial charge in [-0.1, -0.05) is 20.8 Å². The van der Waals surface area contributed by atoms with E-state index in [-0.39, 0.29) is 22.8 Å². The summed E-state index contributed by atoms with van der Waals surface area (Å²) < 4.78 is 22.6. The summed E-state index contributed by atoms with van der Waals surface area (Å²) in [5.41, 5.74) is 0.236. The van der Waals surface area contributed by atoms with Crippen molar-refractivity contribution in [2.24, 2.45) is 5.92 Å². The van der Waals surface area contributed by atoms with E-state index in [1.54, 1.807) is 6.92 Å². The predicted octanol–water partition coefficient (Wildman–Crippen LogP) is 2.00. The Labute approximate surface area is 139 Å². The summed E-state index contributed by atoms with van der Waals surface area (Å²) in [6.45, 7) is 8.15. The average molecular weight is 343 g/mol. The molecule has 1 aromatic heterocycles. The molecular formula is C16H25NO5S. The molecule has 7 heteroatoms. The molecule has 1 N–H and O–H groups in total. The summed E-state index contributed by atoms with van der Waals surface area (Å²) in [6, 6.07) is 1.36. The lowest BCUT2D eigenvalue weighted by molar-refractivity contribution is -0.143. The highest BCUT2D eigenvalue weighted by molar-refractivity contribution is 7.85. The van der Waals surface area contributed by atoms with Crippen molar-refractivity contribution in [1.29, 1.82) is 0 Å². The molecule has 0 aromatic carbocycles. The summed E-state index contributed by atoms with van der Waals surface area (Å²) in [5, 5.41) is -0.742. The number of hydrogen-bond acceptors (Lipinski definition) is 5. The monoisotopic (exact) mass is 343 g/mol. The van der Waals surface area contributed by atoms with Crippen LogP contribution in [0.15, 0.2) is 17.1 Å². The first-order chi connectivity index (χ1) is 10.8. The maximum Gasteiger partial charge on any atom is 0.321 e. The SMILES string of the molecule is CCCOc1c[nH]c(CS(=O)C(C)C(=O)OCC(C)C)cc1=O. The Kier molecular flexibility index (Phi) is 8.02. The molecule has 2 unspecified atom stereocenters. The maximum absolute atomic E-state index is 12.2. The first-order valence-corrected chi connectivity index (χ1v) is 9.11. The highest BCUT2D eigenvalue weighted by atomic mass is 32.2. The fourth-order valence-electron chi connectivity index (χ4n) is 1.66. The molecule has 0 aliphatic rings. The number of aromatic amines is 1. The van der Waals surface area contributed by atoms with Crippen molar-refractivity contribution >= 4 is 16.8 Å². The van der Waals surface area contributed by atoms with Gasteiger partial charge in [0.1, 0.15) is 5.25 Å². The van der Waals surface area contributed by atoms with Gasteiger partial charge in [0.2, 0.25) is 5.43 Å². The second-order valence-corrected chi connectivity index (χ2v) is 7.48. The van der Waals surface area contributed by atoms with Gasteiger partial charge >= 0.3 is 5.97 Å². The molecule has 0 radical (unpaired) electrons. The third-order valence-electron chi connectivity index (χ3n) is 2.98. The van der Waals surface area contributed by atoms with E-state index in [1.165, 1.54) is 12.3 Å². The highest BCUT2D eigenvalue weighted by Gasteiger charge is 2.22. The van der Waals surface area contributed by atoms with Gasteiger partial charge in [0, 0.05) is 28.8 Å². The molecule has 1 aromatic rings. The maximum atomic E-state index is 12.2. The third-order valence-corrected chi connectivity index (χ3v) is 4.56. The Morgan fingerprint density at radius 3 is 2.61 bits per heavy atom. The standard InChI is InChI=1S/C16H25NO5S/c1-5-6-21-15-8-17-13(7-14(15)18)10-23(20)12(4)16(19)22-9-11(2)3/h7-8,11-12H,5-6,9-10H2,1-4H3,(H,17,18). The first-order valence-electron chi connectivity index (χ1n) is 7.73. The van der Waals surface area contributed by atoms with Crippen LogP contribution in [0, 0.1) is 5.92 Å². The van der Waals surface area contributed by atoms with Gasteiger partial charge in [0.05, 0.1) is 19.0 Å². The molecule has 1 rings (SSSR count). The van der Waals surface area contributed by atoms with Crippen LogP contribution < -0.4 is 10.2 Å². The van der Waals surface area contributed by atoms with Gasteiger partial charge < -0.3 is 14.5 Å². The van der Waals surface area contributed by atoms with Gasteiger partial charge in [0.25, 0.3) is 0 Å². The van der Waals surface area contributed by atoms with Crippen molar-refractivity contribution in [2.45, 2.75) is 45.1 Å². The van der Waals surface area contributed by atoms with Gasteiger partial charge in [-0.3, -0.25) is 13.8 Å². The summed E-state index contributed by atoms with van der Waals surface area (Å²) in [7, 11) is -1.47. The molecule has 0 aliphatic heterocycles. The van der Waals surface area contributed by atoms with Crippen molar-refractivity contribution in [2.75, 3.05) is 13.2 Å². The topological polar surface area (TPSA) is 85.5 Å². The van der Waals surface area contributed by atoms with Crippen molar-refractivity contribution in [3.63, 3.8) is 0 Å². The number of H-pyrrole nitrogens is 1. The smallest absolute Gasteiger partial charge is 0.321 e. The Hall–Kier alpha value is -1.63. The number of esters is 1. The predicted molar refractivity (Wildman–Crippen MR) is 90.0 cm³/mol. The molecule has 6 nitrogen and oxygen atoms in total. The highest BCUT2D eigenvalue weighted by Crippen LogP contribution is 2.09. The van der Waals surface area contributed by atoms with Gasteiger partial charge in [0.15, 0.2) is 5.75 Å². The number of ether oxygens (including phenoxy) is 2. The normalized spacial score (nSPS) is 13.6. The zero-order chi connectivity index (χ0) is 17.4. The Morgan fingerprint density at radius 1 is 1.35 bits per heavy atom. The van der Waals surface area contributed by atoms with E-state index in [0.717, 1.165) is 6.42 Å². The molecule has 1 heterocycles. The number of rotatable bonds is 9. The first kappa shape index (κ1) is 19.4. The molecule has 130 valence electrons. The minimum absolute atomic E-state index is 0.0846. The van der Waals surface area contributed by atoms with Crippen LogP contribution in [-0.4, -0.2) is 33.6 Å². The zero-order valence-electron chi connectivity index (χ0n) is 14.1. The van der Waals surface area contributed by atoms with Gasteiger partial charge in [-0.15, -0.1) is 0 Å². The molecule has 0 aliphatic carbocycles. The molecule has 0 amide bonds. The summed E-state index contributed by atoms with van der Waals surface area (Å²) in [6.07, 6.45) is 2.27. The van der Waals surface area contributed by atoms with Crippen LogP contribution in [-0.2, 0) is 26.1 Å². The fourth-order valence-corrected chi connectivity index (χ4v) is 2.67. The van der Waals surface area contributed by atoms with Crippen molar-refractivity contribution < 1.29 is 18.5 Å². The zero-order valence-corrected chi connectivity index (χ0v) is 14.9. The van der Waals surface area contributed by atoms with Crippen molar-refractivity contribution in [3.8, 4) is 5.75 Å². The molecule has 0 fully saturated rings. The third kappa shape index (κ3) is 6.56. The van der Waals surface area contributed by atoms with E-state index in [1.807, 2.05) is 20.8 Å². The molecular weight excluding hydrogens is 318 g/mol. The number of hydrogen-bond donors (Lipinski definition) is 1. The van der Waals surface area contributed by atoms with E-state index in [4.69, 9.17) is 9.47 Å². The van der Waals surface area contributed by atoms with Gasteiger partial charge in [-0.25, -0.2) is 0 Å². The second kappa shape index (κ2) is 9.50. The van der Waals surface area contributed by atoms with Gasteiger partial charge in [-0.2, -0.15) is 0 Å². The number of carbonyl (C=O) groups is 1. The van der Waals surface area contributed by atoms with Crippen LogP contribution in [0.4, 0.5) is 0 Å². The van der Waals surface area contributed by atoms with Crippen LogP contribution in [0.25, 0.3) is 0 Å². The lowest BCUT2D eigenvalue weighted by Gasteiger charge is -2.13. The van der Waals surface area contributed by atoms with Crippen LogP contribution >= 0.6 is 0 Å². The average Bonchev–Trinajstić information content (AvgIpc) is 2.51. The Balaban J connectivity index is 2.64. The van der Waals surface area contributed by atoms with Crippen molar-refractivity contribution in [1.82, 2.24) is 4.98 Å². The van der Waals surface area contributed by atoms with E-state index in [2.05, 4.69) is 4.98 Å². The largest absolute Gasteiger partial charge is 0.488 e. The summed E-state index contributed by atoms with van der Waals surface area (Å²) in [4.78, 5) is 26.6. The van der Waals surface area contributed by atoms with E-state index in [9.17, 15) is 13.8 Å². The minimum Gasteiger partial charge on any atom is -0.488 e. The lowest BCUT2D eigenvalue weighted by atomic mass is 10.2. The molecule has 0 saturated heterocycles. The molecule has 2 atom stereocenters. The van der Waals surface area contributed by atoms with Crippen LogP contribution in [0.5, 0.6) is 5.75 Å². The molecule has 0 spiro atoms. The number of aromatic nitrogens is 1. The molecule has 0 bridgehead atoms. The Bertz CT molecular complexity index is 596. The second-order valence-electron chi connectivity index (χ2n) is 5.73. The summed E-state index contributed by atoms with van der Waals surface area (Å²) >= 11 is 0. The molecule has 0 saturated carbocycles. The number of carbonyl (C=O) groups excluding carboxylic acids is 1. The number of nitrogens with one attached hydrogen (secondary N) is 1. The van der Waals surface area contributed by atoms with Crippen molar-refractivity contribution in [3.05, 3.63) is 28.2 Å². The lowest BCUT2D eigenvalue weighted by Crippen LogP contribution is -2.27. The van der Waals surface area contributed by atoms with Crippen LogP contribution in [0.2, 0.25) is 0 Å². The van der Waals surface area contributed by atoms with Crippen LogP contribution in [0.1, 0.15) is 39.8 Å². The summed E-state index contributed by atoms with van der Waals surface area (Å²) in [5.74, 6) is 0.0704. The quantitative estimate of drug-likeness (QED) is 0.693. The Morgan fingerprint density at radius 2 is 2.04 bits per heavy atom. The van der Waals surface area contributed by atoms with Crippen LogP contribution in [0.3, 0.4) is 0 Å². The van der Waals surface area contributed by atoms with E-state index < -0.39 is 22.0 Å². The fraction of sp³-hybridized carbons (Fsp3) is 0.625. The molecule has 23 heavy (non-hydrogen) atoms. The van der Waals surface area contributed by atoms with E-state index >= 15 is 0 Å². The minimum atomic E-state index is -1.47. The van der Waals surface area contributed by atoms with E-state index in [0.29, 0.717) is 18.9 Å². The number of pyridine rings is 1. The van der Waals surface area contributed by atoms with Gasteiger partial charge in [-0.05, 0) is 19.3 Å².